The molecule has 2 unspecified atom stereocenters. The molecular weight excluding hydrogens is 294 g/mol. The molecule has 6 heteroatoms. The summed E-state index contributed by atoms with van der Waals surface area (Å²) in [6.45, 7) is 3.52. The van der Waals surface area contributed by atoms with Crippen LogP contribution >= 0.6 is 0 Å². The summed E-state index contributed by atoms with van der Waals surface area (Å²) in [4.78, 5) is 29.7. The van der Waals surface area contributed by atoms with Crippen LogP contribution in [0.3, 0.4) is 0 Å². The van der Waals surface area contributed by atoms with Gasteiger partial charge in [-0.25, -0.2) is 4.98 Å². The molecule has 1 fully saturated rings. The lowest BCUT2D eigenvalue weighted by Gasteiger charge is -2.34. The molecule has 3 rings (SSSR count). The van der Waals surface area contributed by atoms with E-state index in [1.165, 1.54) is 0 Å². The number of aliphatic carboxylic acids is 1. The van der Waals surface area contributed by atoms with Gasteiger partial charge in [0.2, 0.25) is 5.91 Å². The second-order valence-electron chi connectivity index (χ2n) is 6.35. The van der Waals surface area contributed by atoms with Crippen molar-refractivity contribution in [3.8, 4) is 0 Å². The first-order valence-electron chi connectivity index (χ1n) is 7.95. The molecule has 2 heterocycles. The van der Waals surface area contributed by atoms with Crippen molar-refractivity contribution in [2.45, 2.75) is 26.3 Å². The number of nitrogens with zero attached hydrogens (tertiary/aromatic N) is 3. The van der Waals surface area contributed by atoms with Gasteiger partial charge >= 0.3 is 5.97 Å². The number of likely N-dealkylation sites (tertiary alicyclic amines) is 1. The molecule has 1 saturated heterocycles. The molecule has 1 aromatic heterocycles. The van der Waals surface area contributed by atoms with Gasteiger partial charge in [0.1, 0.15) is 0 Å². The number of carboxylic acid groups (broad SMARTS) is 1. The number of rotatable bonds is 4. The van der Waals surface area contributed by atoms with Crippen molar-refractivity contribution in [3.05, 3.63) is 30.6 Å². The number of imidazole rings is 1. The molecule has 23 heavy (non-hydrogen) atoms. The van der Waals surface area contributed by atoms with Gasteiger partial charge in [-0.2, -0.15) is 0 Å². The maximum Gasteiger partial charge on any atom is 0.308 e. The number of carboxylic acids is 1. The monoisotopic (exact) mass is 315 g/mol. The Hall–Kier alpha value is -2.37. The molecule has 2 aromatic rings. The first-order chi connectivity index (χ1) is 11.0. The summed E-state index contributed by atoms with van der Waals surface area (Å²) in [5.74, 6) is -1.02. The summed E-state index contributed by atoms with van der Waals surface area (Å²) in [5, 5.41) is 9.20. The fraction of sp³-hybridized carbons (Fsp3) is 0.471. The van der Waals surface area contributed by atoms with E-state index < -0.39 is 11.9 Å². The summed E-state index contributed by atoms with van der Waals surface area (Å²) in [7, 11) is 0. The largest absolute Gasteiger partial charge is 0.481 e. The Bertz CT molecular complexity index is 725. The van der Waals surface area contributed by atoms with Crippen molar-refractivity contribution in [1.29, 1.82) is 0 Å². The second-order valence-corrected chi connectivity index (χ2v) is 6.35. The minimum absolute atomic E-state index is 0.0144. The maximum absolute atomic E-state index is 12.4. The Kier molecular flexibility index (Phi) is 4.32. The Balaban J connectivity index is 1.63. The van der Waals surface area contributed by atoms with Crippen LogP contribution in [0.15, 0.2) is 30.6 Å². The lowest BCUT2D eigenvalue weighted by Crippen LogP contribution is -2.45. The third-order valence-corrected chi connectivity index (χ3v) is 4.46. The Labute approximate surface area is 134 Å². The molecule has 0 saturated carbocycles. The van der Waals surface area contributed by atoms with Gasteiger partial charge in [-0.3, -0.25) is 9.59 Å². The van der Waals surface area contributed by atoms with E-state index in [2.05, 4.69) is 4.98 Å². The predicted molar refractivity (Wildman–Crippen MR) is 85.8 cm³/mol. The molecule has 1 N–H and O–H groups in total. The van der Waals surface area contributed by atoms with Crippen LogP contribution < -0.4 is 0 Å². The van der Waals surface area contributed by atoms with E-state index in [9.17, 15) is 14.7 Å². The van der Waals surface area contributed by atoms with Crippen LogP contribution in [0.2, 0.25) is 0 Å². The summed E-state index contributed by atoms with van der Waals surface area (Å²) in [5.41, 5.74) is 1.92. The molecule has 6 nitrogen and oxygen atoms in total. The van der Waals surface area contributed by atoms with Gasteiger partial charge in [-0.05, 0) is 24.5 Å². The Morgan fingerprint density at radius 3 is 2.87 bits per heavy atom. The van der Waals surface area contributed by atoms with Crippen LogP contribution in [0.5, 0.6) is 0 Å². The third kappa shape index (κ3) is 3.36. The van der Waals surface area contributed by atoms with Crippen LogP contribution in [-0.4, -0.2) is 44.5 Å². The lowest BCUT2D eigenvalue weighted by molar-refractivity contribution is -0.146. The van der Waals surface area contributed by atoms with Gasteiger partial charge in [0.15, 0.2) is 0 Å². The van der Waals surface area contributed by atoms with Crippen molar-refractivity contribution in [2.24, 2.45) is 11.8 Å². The zero-order chi connectivity index (χ0) is 16.4. The average molecular weight is 315 g/mol. The number of carbonyl (C=O) groups excluding carboxylic acids is 1. The van der Waals surface area contributed by atoms with Gasteiger partial charge in [0.25, 0.3) is 0 Å². The molecular formula is C17H21N3O3. The molecule has 0 radical (unpaired) electrons. The van der Waals surface area contributed by atoms with Gasteiger partial charge in [-0.15, -0.1) is 0 Å². The fourth-order valence-corrected chi connectivity index (χ4v) is 3.30. The number of benzene rings is 1. The van der Waals surface area contributed by atoms with E-state index in [1.807, 2.05) is 35.8 Å². The topological polar surface area (TPSA) is 75.4 Å². The van der Waals surface area contributed by atoms with Gasteiger partial charge in [0, 0.05) is 26.1 Å². The minimum atomic E-state index is -0.810. The standard InChI is InChI=1S/C17H21N3O3/c1-12-8-13(17(22)23)10-20(9-12)16(21)6-7-19-11-18-14-4-2-3-5-15(14)19/h2-5,11-13H,6-10H2,1H3,(H,22,23). The van der Waals surface area contributed by atoms with E-state index in [1.54, 1.807) is 11.2 Å². The summed E-state index contributed by atoms with van der Waals surface area (Å²) >= 11 is 0. The van der Waals surface area contributed by atoms with Crippen molar-refractivity contribution >= 4 is 22.9 Å². The zero-order valence-corrected chi connectivity index (χ0v) is 13.2. The predicted octanol–water partition coefficient (Wildman–Crippen LogP) is 2.00. The molecule has 1 aliphatic heterocycles. The quantitative estimate of drug-likeness (QED) is 0.936. The zero-order valence-electron chi connectivity index (χ0n) is 13.2. The van der Waals surface area contributed by atoms with Crippen molar-refractivity contribution in [2.75, 3.05) is 13.1 Å². The normalized spacial score (nSPS) is 21.5. The van der Waals surface area contributed by atoms with E-state index in [4.69, 9.17) is 0 Å². The Morgan fingerprint density at radius 2 is 2.09 bits per heavy atom. The SMILES string of the molecule is CC1CC(C(=O)O)CN(C(=O)CCn2cnc3ccccc32)C1. The molecule has 1 aliphatic rings. The van der Waals surface area contributed by atoms with Crippen molar-refractivity contribution in [1.82, 2.24) is 14.5 Å². The number of para-hydroxylation sites is 2. The highest BCUT2D eigenvalue weighted by Crippen LogP contribution is 2.22. The number of aromatic nitrogens is 2. The maximum atomic E-state index is 12.4. The van der Waals surface area contributed by atoms with Crippen molar-refractivity contribution < 1.29 is 14.7 Å². The molecule has 0 bridgehead atoms. The molecule has 1 aromatic carbocycles. The summed E-state index contributed by atoms with van der Waals surface area (Å²) < 4.78 is 1.97. The summed E-state index contributed by atoms with van der Waals surface area (Å²) in [6.07, 6.45) is 2.75. The molecule has 0 spiro atoms. The Morgan fingerprint density at radius 1 is 1.30 bits per heavy atom. The number of aryl methyl sites for hydroxylation is 1. The first kappa shape index (κ1) is 15.5. The highest BCUT2D eigenvalue weighted by molar-refractivity contribution is 5.79. The number of fused-ring (bicyclic) bond motifs is 1. The van der Waals surface area contributed by atoms with E-state index >= 15 is 0 Å². The highest BCUT2D eigenvalue weighted by Gasteiger charge is 2.31. The molecule has 122 valence electrons. The van der Waals surface area contributed by atoms with Crippen LogP contribution in [-0.2, 0) is 16.1 Å². The summed E-state index contributed by atoms with van der Waals surface area (Å²) in [6, 6.07) is 7.81. The van der Waals surface area contributed by atoms with Crippen LogP contribution in [0.1, 0.15) is 19.8 Å². The smallest absolute Gasteiger partial charge is 0.308 e. The third-order valence-electron chi connectivity index (χ3n) is 4.46. The fourth-order valence-electron chi connectivity index (χ4n) is 3.30. The van der Waals surface area contributed by atoms with Crippen LogP contribution in [0, 0.1) is 11.8 Å². The minimum Gasteiger partial charge on any atom is -0.481 e. The van der Waals surface area contributed by atoms with Crippen LogP contribution in [0.25, 0.3) is 11.0 Å². The highest BCUT2D eigenvalue weighted by atomic mass is 16.4. The van der Waals surface area contributed by atoms with Gasteiger partial charge in [0.05, 0.1) is 23.3 Å². The van der Waals surface area contributed by atoms with Crippen molar-refractivity contribution in [3.63, 3.8) is 0 Å². The first-order valence-corrected chi connectivity index (χ1v) is 7.95. The number of amides is 1. The number of hydrogen-bond donors (Lipinski definition) is 1. The molecule has 2 atom stereocenters. The number of hydrogen-bond acceptors (Lipinski definition) is 3. The van der Waals surface area contributed by atoms with E-state index in [0.717, 1.165) is 11.0 Å². The van der Waals surface area contributed by atoms with E-state index in [0.29, 0.717) is 32.5 Å². The van der Waals surface area contributed by atoms with Gasteiger partial charge < -0.3 is 14.6 Å². The number of carbonyl (C=O) groups is 2. The average Bonchev–Trinajstić information content (AvgIpc) is 2.95. The van der Waals surface area contributed by atoms with Crippen LogP contribution in [0.4, 0.5) is 0 Å². The van der Waals surface area contributed by atoms with E-state index in [-0.39, 0.29) is 11.8 Å². The molecule has 0 aliphatic carbocycles. The number of piperidine rings is 1. The second kappa shape index (κ2) is 6.40. The van der Waals surface area contributed by atoms with Gasteiger partial charge in [-0.1, -0.05) is 19.1 Å². The molecule has 1 amide bonds. The lowest BCUT2D eigenvalue weighted by atomic mass is 9.90.